The van der Waals surface area contributed by atoms with Crippen LogP contribution in [-0.2, 0) is 6.42 Å². The Labute approximate surface area is 100 Å². The molecule has 0 aliphatic rings. The number of alkyl halides is 3. The normalized spacial score (nSPS) is 11.5. The lowest BCUT2D eigenvalue weighted by Crippen LogP contribution is -2.16. The molecule has 1 nitrogen and oxygen atoms in total. The van der Waals surface area contributed by atoms with Crippen LogP contribution in [0.3, 0.4) is 0 Å². The molecule has 0 radical (unpaired) electrons. The van der Waals surface area contributed by atoms with Crippen LogP contribution < -0.4 is 4.74 Å². The lowest BCUT2D eigenvalue weighted by atomic mass is 10.1. The maximum Gasteiger partial charge on any atom is 0.573 e. The SMILES string of the molecule is FC(F)(F)Oc1csc(Cc2ccccc2)c1. The number of thiophene rings is 1. The standard InChI is InChI=1S/C12H9F3OS/c13-12(14,15)16-10-7-11(17-8-10)6-9-4-2-1-3-5-9/h1-5,7-8H,6H2. The summed E-state index contributed by atoms with van der Waals surface area (Å²) in [5.74, 6) is -0.145. The summed E-state index contributed by atoms with van der Waals surface area (Å²) in [7, 11) is 0. The lowest BCUT2D eigenvalue weighted by molar-refractivity contribution is -0.274. The van der Waals surface area contributed by atoms with E-state index in [-0.39, 0.29) is 5.75 Å². The third kappa shape index (κ3) is 3.78. The van der Waals surface area contributed by atoms with Gasteiger partial charge in [-0.25, -0.2) is 0 Å². The summed E-state index contributed by atoms with van der Waals surface area (Å²) in [6.45, 7) is 0. The predicted molar refractivity (Wildman–Crippen MR) is 60.3 cm³/mol. The Morgan fingerprint density at radius 2 is 1.82 bits per heavy atom. The molecule has 1 aromatic carbocycles. The lowest BCUT2D eigenvalue weighted by Gasteiger charge is -2.05. The van der Waals surface area contributed by atoms with Gasteiger partial charge in [-0.1, -0.05) is 30.3 Å². The summed E-state index contributed by atoms with van der Waals surface area (Å²) in [6.07, 6.45) is -4.00. The van der Waals surface area contributed by atoms with Crippen molar-refractivity contribution >= 4 is 11.3 Å². The average Bonchev–Trinajstić information content (AvgIpc) is 2.64. The molecular weight excluding hydrogens is 249 g/mol. The topological polar surface area (TPSA) is 9.23 Å². The van der Waals surface area contributed by atoms with Gasteiger partial charge in [0, 0.05) is 16.7 Å². The fourth-order valence-corrected chi connectivity index (χ4v) is 2.26. The van der Waals surface area contributed by atoms with E-state index in [1.807, 2.05) is 30.3 Å². The molecule has 5 heteroatoms. The zero-order chi connectivity index (χ0) is 12.3. The molecule has 17 heavy (non-hydrogen) atoms. The molecule has 0 amide bonds. The molecule has 1 heterocycles. The van der Waals surface area contributed by atoms with Crippen molar-refractivity contribution < 1.29 is 17.9 Å². The van der Waals surface area contributed by atoms with Crippen molar-refractivity contribution in [3.63, 3.8) is 0 Å². The van der Waals surface area contributed by atoms with Gasteiger partial charge in [0.05, 0.1) is 0 Å². The van der Waals surface area contributed by atoms with Crippen molar-refractivity contribution in [3.05, 3.63) is 52.2 Å². The van der Waals surface area contributed by atoms with Crippen LogP contribution in [0.1, 0.15) is 10.4 Å². The van der Waals surface area contributed by atoms with E-state index in [0.29, 0.717) is 6.42 Å². The van der Waals surface area contributed by atoms with Gasteiger partial charge in [0.2, 0.25) is 0 Å². The van der Waals surface area contributed by atoms with Gasteiger partial charge in [0.1, 0.15) is 5.75 Å². The van der Waals surface area contributed by atoms with Gasteiger partial charge in [-0.2, -0.15) is 0 Å². The summed E-state index contributed by atoms with van der Waals surface area (Å²) in [5.41, 5.74) is 1.06. The molecule has 1 aromatic heterocycles. The molecule has 0 aliphatic heterocycles. The summed E-state index contributed by atoms with van der Waals surface area (Å²) < 4.78 is 39.7. The van der Waals surface area contributed by atoms with Crippen molar-refractivity contribution in [2.75, 3.05) is 0 Å². The Kier molecular flexibility index (Phi) is 3.38. The highest BCUT2D eigenvalue weighted by Gasteiger charge is 2.31. The van der Waals surface area contributed by atoms with Gasteiger partial charge in [0.25, 0.3) is 0 Å². The number of rotatable bonds is 3. The van der Waals surface area contributed by atoms with Crippen molar-refractivity contribution in [2.45, 2.75) is 12.8 Å². The molecule has 0 fully saturated rings. The van der Waals surface area contributed by atoms with E-state index in [1.54, 1.807) is 0 Å². The monoisotopic (exact) mass is 258 g/mol. The molecule has 2 aromatic rings. The smallest absolute Gasteiger partial charge is 0.405 e. The van der Waals surface area contributed by atoms with Crippen LogP contribution in [0.25, 0.3) is 0 Å². The molecule has 0 spiro atoms. The predicted octanol–water partition coefficient (Wildman–Crippen LogP) is 4.24. The van der Waals surface area contributed by atoms with Crippen LogP contribution in [0.5, 0.6) is 5.75 Å². The van der Waals surface area contributed by atoms with E-state index >= 15 is 0 Å². The Balaban J connectivity index is 2.04. The minimum atomic E-state index is -4.62. The molecule has 2 rings (SSSR count). The molecule has 0 atom stereocenters. The summed E-state index contributed by atoms with van der Waals surface area (Å²) in [4.78, 5) is 0.843. The zero-order valence-corrected chi connectivity index (χ0v) is 9.52. The first-order valence-electron chi connectivity index (χ1n) is 4.90. The quantitative estimate of drug-likeness (QED) is 0.800. The van der Waals surface area contributed by atoms with Crippen LogP contribution >= 0.6 is 11.3 Å². The van der Waals surface area contributed by atoms with Crippen molar-refractivity contribution in [2.24, 2.45) is 0 Å². The Bertz CT molecular complexity index is 476. The van der Waals surface area contributed by atoms with Crippen LogP contribution in [0.4, 0.5) is 13.2 Å². The average molecular weight is 258 g/mol. The van der Waals surface area contributed by atoms with Crippen LogP contribution in [0.15, 0.2) is 41.8 Å². The van der Waals surface area contributed by atoms with E-state index in [2.05, 4.69) is 4.74 Å². The summed E-state index contributed by atoms with van der Waals surface area (Å²) in [6, 6.07) is 11.0. The van der Waals surface area contributed by atoms with Crippen molar-refractivity contribution in [1.29, 1.82) is 0 Å². The second-order valence-electron chi connectivity index (χ2n) is 3.46. The maximum atomic E-state index is 12.0. The van der Waals surface area contributed by atoms with Gasteiger partial charge in [-0.15, -0.1) is 24.5 Å². The molecule has 0 saturated heterocycles. The van der Waals surface area contributed by atoms with Gasteiger partial charge in [-0.05, 0) is 11.6 Å². The molecule has 90 valence electrons. The molecule has 0 aliphatic carbocycles. The van der Waals surface area contributed by atoms with Gasteiger partial charge in [0.15, 0.2) is 0 Å². The fraction of sp³-hybridized carbons (Fsp3) is 0.167. The van der Waals surface area contributed by atoms with Gasteiger partial charge in [-0.3, -0.25) is 0 Å². The number of halogens is 3. The second kappa shape index (κ2) is 4.79. The Morgan fingerprint density at radius 3 is 2.47 bits per heavy atom. The zero-order valence-electron chi connectivity index (χ0n) is 8.70. The minimum Gasteiger partial charge on any atom is -0.405 e. The minimum absolute atomic E-state index is 0.145. The Morgan fingerprint density at radius 1 is 1.12 bits per heavy atom. The van der Waals surface area contributed by atoms with Gasteiger partial charge >= 0.3 is 6.36 Å². The van der Waals surface area contributed by atoms with E-state index < -0.39 is 6.36 Å². The maximum absolute atomic E-state index is 12.0. The van der Waals surface area contributed by atoms with E-state index in [9.17, 15) is 13.2 Å². The highest BCUT2D eigenvalue weighted by Crippen LogP contribution is 2.28. The largest absolute Gasteiger partial charge is 0.573 e. The summed E-state index contributed by atoms with van der Waals surface area (Å²) in [5, 5.41) is 1.37. The van der Waals surface area contributed by atoms with E-state index in [0.717, 1.165) is 10.4 Å². The molecule has 0 N–H and O–H groups in total. The first-order valence-corrected chi connectivity index (χ1v) is 5.78. The third-order valence-electron chi connectivity index (χ3n) is 2.08. The Hall–Kier alpha value is -1.49. The number of benzene rings is 1. The fourth-order valence-electron chi connectivity index (χ4n) is 1.44. The number of ether oxygens (including phenoxy) is 1. The molecular formula is C12H9F3OS. The third-order valence-corrected chi connectivity index (χ3v) is 3.00. The molecule has 0 saturated carbocycles. The van der Waals surface area contributed by atoms with Crippen LogP contribution in [0.2, 0.25) is 0 Å². The van der Waals surface area contributed by atoms with E-state index in [1.165, 1.54) is 22.8 Å². The van der Waals surface area contributed by atoms with E-state index in [4.69, 9.17) is 0 Å². The van der Waals surface area contributed by atoms with Crippen LogP contribution in [0, 0.1) is 0 Å². The molecule has 0 unspecified atom stereocenters. The number of hydrogen-bond donors (Lipinski definition) is 0. The van der Waals surface area contributed by atoms with Gasteiger partial charge < -0.3 is 4.74 Å². The first-order chi connectivity index (χ1) is 8.03. The first kappa shape index (κ1) is 12.0. The van der Waals surface area contributed by atoms with Crippen molar-refractivity contribution in [1.82, 2.24) is 0 Å². The highest BCUT2D eigenvalue weighted by atomic mass is 32.1. The molecule has 0 bridgehead atoms. The second-order valence-corrected chi connectivity index (χ2v) is 4.45. The van der Waals surface area contributed by atoms with Crippen LogP contribution in [-0.4, -0.2) is 6.36 Å². The highest BCUT2D eigenvalue weighted by molar-refractivity contribution is 7.10. The summed E-state index contributed by atoms with van der Waals surface area (Å²) >= 11 is 1.26. The van der Waals surface area contributed by atoms with Crippen molar-refractivity contribution in [3.8, 4) is 5.75 Å². The number of hydrogen-bond acceptors (Lipinski definition) is 2.